The lowest BCUT2D eigenvalue weighted by Gasteiger charge is -2.49. The van der Waals surface area contributed by atoms with Gasteiger partial charge >= 0.3 is 0 Å². The van der Waals surface area contributed by atoms with Gasteiger partial charge < -0.3 is 15.0 Å². The Bertz CT molecular complexity index is 1030. The van der Waals surface area contributed by atoms with Crippen molar-refractivity contribution in [3.8, 4) is 5.75 Å². The van der Waals surface area contributed by atoms with Crippen molar-refractivity contribution >= 4 is 30.7 Å². The van der Waals surface area contributed by atoms with E-state index in [4.69, 9.17) is 4.74 Å². The fraction of sp³-hybridized carbons (Fsp3) is 0.606. The van der Waals surface area contributed by atoms with Gasteiger partial charge in [0, 0.05) is 32.1 Å². The van der Waals surface area contributed by atoms with Crippen LogP contribution in [0.4, 0.5) is 0 Å². The summed E-state index contributed by atoms with van der Waals surface area (Å²) in [6.07, 6.45) is 2.90. The summed E-state index contributed by atoms with van der Waals surface area (Å²) in [7, 11) is 0. The molecule has 2 saturated heterocycles. The van der Waals surface area contributed by atoms with Gasteiger partial charge in [0.1, 0.15) is 5.75 Å². The average molecular weight is 593 g/mol. The van der Waals surface area contributed by atoms with E-state index in [0.29, 0.717) is 24.9 Å². The summed E-state index contributed by atoms with van der Waals surface area (Å²) < 4.78 is 6.06. The molecule has 1 amide bonds. The van der Waals surface area contributed by atoms with Crippen LogP contribution < -0.4 is 10.1 Å². The van der Waals surface area contributed by atoms with Gasteiger partial charge in [0.05, 0.1) is 12.6 Å². The summed E-state index contributed by atoms with van der Waals surface area (Å²) in [6, 6.07) is 19.8. The summed E-state index contributed by atoms with van der Waals surface area (Å²) in [5, 5.41) is 3.43. The van der Waals surface area contributed by atoms with Crippen molar-refractivity contribution in [3.63, 3.8) is 0 Å². The molecule has 224 valence electrons. The molecule has 1 N–H and O–H groups in total. The van der Waals surface area contributed by atoms with Gasteiger partial charge in [-0.15, -0.1) is 24.8 Å². The van der Waals surface area contributed by atoms with Gasteiger partial charge in [0.25, 0.3) is 0 Å². The first-order valence-electron chi connectivity index (χ1n) is 14.5. The molecule has 0 spiro atoms. The third-order valence-corrected chi connectivity index (χ3v) is 8.00. The standard InChI is InChI=1S/C33H49N3O2.2ClH/c1-32(2,3)24-38-28-14-12-27(13-15-28)31(26-10-8-7-9-11-26)35-20-21-36(29(23-35)33(4,5)6)30(37)22-25-16-18-34-19-17-25;;/h7-15,25,29,31,34H,16-24H2,1-6H3;2*1H/t29-,31?;;/m1../s1. The van der Waals surface area contributed by atoms with E-state index < -0.39 is 0 Å². The zero-order valence-electron chi connectivity index (χ0n) is 25.3. The zero-order chi connectivity index (χ0) is 27.3. The Morgan fingerprint density at radius 1 is 0.900 bits per heavy atom. The van der Waals surface area contributed by atoms with Crippen LogP contribution in [-0.4, -0.2) is 61.1 Å². The molecule has 2 atom stereocenters. The minimum absolute atomic E-state index is 0. The van der Waals surface area contributed by atoms with Crippen LogP contribution in [-0.2, 0) is 4.79 Å². The Hall–Kier alpha value is -1.79. The predicted molar refractivity (Wildman–Crippen MR) is 171 cm³/mol. The highest BCUT2D eigenvalue weighted by molar-refractivity contribution is 5.85. The van der Waals surface area contributed by atoms with E-state index in [1.165, 1.54) is 11.1 Å². The smallest absolute Gasteiger partial charge is 0.223 e. The zero-order valence-corrected chi connectivity index (χ0v) is 27.0. The average Bonchev–Trinajstić information content (AvgIpc) is 2.88. The van der Waals surface area contributed by atoms with E-state index in [-0.39, 0.29) is 47.7 Å². The molecule has 2 heterocycles. The third kappa shape index (κ3) is 9.37. The van der Waals surface area contributed by atoms with E-state index in [9.17, 15) is 4.79 Å². The molecule has 40 heavy (non-hydrogen) atoms. The molecular weight excluding hydrogens is 541 g/mol. The summed E-state index contributed by atoms with van der Waals surface area (Å²) in [5.41, 5.74) is 2.67. The molecule has 2 aliphatic rings. The number of ether oxygens (including phenoxy) is 1. The van der Waals surface area contributed by atoms with Crippen LogP contribution in [0.1, 0.15) is 78.0 Å². The van der Waals surface area contributed by atoms with Crippen molar-refractivity contribution in [3.05, 3.63) is 65.7 Å². The van der Waals surface area contributed by atoms with Crippen LogP contribution in [0.25, 0.3) is 0 Å². The second-order valence-corrected chi connectivity index (χ2v) is 13.6. The highest BCUT2D eigenvalue weighted by Crippen LogP contribution is 2.36. The number of hydrogen-bond acceptors (Lipinski definition) is 4. The number of amides is 1. The van der Waals surface area contributed by atoms with Crippen molar-refractivity contribution in [2.24, 2.45) is 16.7 Å². The van der Waals surface area contributed by atoms with Crippen LogP contribution >= 0.6 is 24.8 Å². The third-order valence-electron chi connectivity index (χ3n) is 8.00. The Labute approximate surface area is 255 Å². The molecule has 2 aromatic rings. The van der Waals surface area contributed by atoms with Crippen LogP contribution in [0.5, 0.6) is 5.75 Å². The number of rotatable bonds is 7. The number of carbonyl (C=O) groups is 1. The summed E-state index contributed by atoms with van der Waals surface area (Å²) in [6.45, 7) is 18.7. The SMILES string of the molecule is CC(C)(C)COc1ccc(C(c2ccccc2)N2CCN(C(=O)CC3CCNCC3)[C@@H](C(C)(C)C)C2)cc1.Cl.Cl. The predicted octanol–water partition coefficient (Wildman–Crippen LogP) is 6.99. The number of halogens is 2. The van der Waals surface area contributed by atoms with Gasteiger partial charge in [-0.1, -0.05) is 84.0 Å². The van der Waals surface area contributed by atoms with E-state index in [0.717, 1.165) is 51.3 Å². The first-order valence-corrected chi connectivity index (χ1v) is 14.5. The number of hydrogen-bond donors (Lipinski definition) is 1. The molecule has 0 bridgehead atoms. The fourth-order valence-corrected chi connectivity index (χ4v) is 5.82. The van der Waals surface area contributed by atoms with Gasteiger partial charge in [-0.05, 0) is 65.9 Å². The van der Waals surface area contributed by atoms with E-state index >= 15 is 0 Å². The van der Waals surface area contributed by atoms with Crippen LogP contribution in [0.3, 0.4) is 0 Å². The van der Waals surface area contributed by atoms with Crippen LogP contribution in [0, 0.1) is 16.7 Å². The summed E-state index contributed by atoms with van der Waals surface area (Å²) >= 11 is 0. The molecule has 0 aromatic heterocycles. The Kier molecular flexibility index (Phi) is 12.8. The van der Waals surface area contributed by atoms with Gasteiger partial charge in [-0.2, -0.15) is 0 Å². The first kappa shape index (κ1) is 34.4. The van der Waals surface area contributed by atoms with Crippen molar-refractivity contribution < 1.29 is 9.53 Å². The van der Waals surface area contributed by atoms with Gasteiger partial charge in [-0.3, -0.25) is 9.69 Å². The lowest BCUT2D eigenvalue weighted by molar-refractivity contribution is -0.141. The van der Waals surface area contributed by atoms with Crippen molar-refractivity contribution in [2.75, 3.05) is 39.3 Å². The van der Waals surface area contributed by atoms with Crippen molar-refractivity contribution in [1.29, 1.82) is 0 Å². The van der Waals surface area contributed by atoms with Crippen LogP contribution in [0.15, 0.2) is 54.6 Å². The Morgan fingerprint density at radius 2 is 1.50 bits per heavy atom. The maximum atomic E-state index is 13.6. The van der Waals surface area contributed by atoms with E-state index in [2.05, 4.69) is 111 Å². The van der Waals surface area contributed by atoms with Gasteiger partial charge in [0.2, 0.25) is 5.91 Å². The molecule has 4 rings (SSSR count). The molecule has 2 aromatic carbocycles. The van der Waals surface area contributed by atoms with Gasteiger partial charge in [0.15, 0.2) is 0 Å². The van der Waals surface area contributed by atoms with E-state index in [1.807, 2.05) is 0 Å². The fourth-order valence-electron chi connectivity index (χ4n) is 5.82. The molecule has 7 heteroatoms. The number of carbonyl (C=O) groups excluding carboxylic acids is 1. The summed E-state index contributed by atoms with van der Waals surface area (Å²) in [5.74, 6) is 1.77. The highest BCUT2D eigenvalue weighted by atomic mass is 35.5. The normalized spacial score (nSPS) is 19.8. The second kappa shape index (κ2) is 14.9. The molecule has 2 aliphatic heterocycles. The number of piperidine rings is 1. The lowest BCUT2D eigenvalue weighted by Crippen LogP contribution is -2.60. The number of benzene rings is 2. The largest absolute Gasteiger partial charge is 0.493 e. The molecule has 0 saturated carbocycles. The minimum atomic E-state index is -0.00561. The molecule has 1 unspecified atom stereocenters. The number of nitrogens with one attached hydrogen (secondary N) is 1. The molecule has 2 fully saturated rings. The van der Waals surface area contributed by atoms with Crippen LogP contribution in [0.2, 0.25) is 0 Å². The number of piperazine rings is 1. The van der Waals surface area contributed by atoms with Crippen molar-refractivity contribution in [1.82, 2.24) is 15.1 Å². The quantitative estimate of drug-likeness (QED) is 0.376. The monoisotopic (exact) mass is 591 g/mol. The maximum Gasteiger partial charge on any atom is 0.223 e. The molecular formula is C33H51Cl2N3O2. The topological polar surface area (TPSA) is 44.8 Å². The number of nitrogens with zero attached hydrogens (tertiary/aromatic N) is 2. The first-order chi connectivity index (χ1) is 18.0. The highest BCUT2D eigenvalue weighted by Gasteiger charge is 2.40. The Balaban J connectivity index is 0.00000280. The minimum Gasteiger partial charge on any atom is -0.493 e. The lowest BCUT2D eigenvalue weighted by atomic mass is 9.82. The molecule has 0 radical (unpaired) electrons. The van der Waals surface area contributed by atoms with E-state index in [1.54, 1.807) is 0 Å². The summed E-state index contributed by atoms with van der Waals surface area (Å²) in [4.78, 5) is 18.4. The molecule has 5 nitrogen and oxygen atoms in total. The van der Waals surface area contributed by atoms with Crippen molar-refractivity contribution in [2.45, 2.75) is 72.9 Å². The van der Waals surface area contributed by atoms with Gasteiger partial charge in [-0.25, -0.2) is 0 Å². The molecule has 0 aliphatic carbocycles. The second-order valence-electron chi connectivity index (χ2n) is 13.6. The Morgan fingerprint density at radius 3 is 2.08 bits per heavy atom. The maximum absolute atomic E-state index is 13.6.